The van der Waals surface area contributed by atoms with Gasteiger partial charge in [-0.05, 0) is 25.1 Å². The molecule has 1 aromatic carbocycles. The van der Waals surface area contributed by atoms with E-state index in [0.717, 1.165) is 10.3 Å². The van der Waals surface area contributed by atoms with Gasteiger partial charge in [-0.15, -0.1) is 0 Å². The number of rotatable bonds is 3. The molecule has 6 nitrogen and oxygen atoms in total. The number of fused-ring (bicyclic) bond motifs is 1. The van der Waals surface area contributed by atoms with Crippen molar-refractivity contribution in [1.82, 2.24) is 14.1 Å². The van der Waals surface area contributed by atoms with E-state index in [0.29, 0.717) is 32.4 Å². The van der Waals surface area contributed by atoms with Gasteiger partial charge >= 0.3 is 5.69 Å². The van der Waals surface area contributed by atoms with Crippen LogP contribution in [-0.2, 0) is 20.7 Å². The van der Waals surface area contributed by atoms with Crippen molar-refractivity contribution in [2.75, 3.05) is 0 Å². The number of ether oxygens (including phenoxy) is 1. The van der Waals surface area contributed by atoms with Crippen molar-refractivity contribution in [2.45, 2.75) is 13.5 Å². The summed E-state index contributed by atoms with van der Waals surface area (Å²) >= 11 is 12.5. The molecule has 0 atom stereocenters. The molecule has 0 N–H and O–H groups in total. The number of aromatic nitrogens is 3. The van der Waals surface area contributed by atoms with Gasteiger partial charge in [-0.2, -0.15) is 0 Å². The highest BCUT2D eigenvalue weighted by molar-refractivity contribution is 6.39. The summed E-state index contributed by atoms with van der Waals surface area (Å²) in [5.41, 5.74) is 0.928. The van der Waals surface area contributed by atoms with Crippen LogP contribution in [0.2, 0.25) is 10.0 Å². The molecule has 0 unspecified atom stereocenters. The van der Waals surface area contributed by atoms with Crippen LogP contribution in [-0.4, -0.2) is 14.1 Å². The highest BCUT2D eigenvalue weighted by atomic mass is 35.5. The number of hydrogen-bond donors (Lipinski definition) is 0. The third-order valence-electron chi connectivity index (χ3n) is 3.97. The Balaban J connectivity index is 2.07. The Morgan fingerprint density at radius 3 is 2.52 bits per heavy atom. The summed E-state index contributed by atoms with van der Waals surface area (Å²) in [4.78, 5) is 28.3. The largest absolute Gasteiger partial charge is 0.484 e. The van der Waals surface area contributed by atoms with Gasteiger partial charge in [0.15, 0.2) is 5.75 Å². The quantitative estimate of drug-likeness (QED) is 0.701. The number of aryl methyl sites for hydroxylation is 1. The monoisotopic (exact) mass is 379 g/mol. The van der Waals surface area contributed by atoms with Crippen molar-refractivity contribution in [2.24, 2.45) is 14.1 Å². The summed E-state index contributed by atoms with van der Waals surface area (Å²) in [6.07, 6.45) is 0. The lowest BCUT2D eigenvalue weighted by molar-refractivity contribution is 0.296. The molecule has 0 spiro atoms. The Morgan fingerprint density at radius 1 is 1.08 bits per heavy atom. The van der Waals surface area contributed by atoms with Crippen molar-refractivity contribution >= 4 is 34.1 Å². The molecule has 0 aliphatic rings. The van der Waals surface area contributed by atoms with Crippen molar-refractivity contribution in [1.29, 1.82) is 0 Å². The van der Waals surface area contributed by atoms with Crippen LogP contribution in [0.5, 0.6) is 5.75 Å². The molecular weight excluding hydrogens is 365 g/mol. The number of benzene rings is 1. The Kier molecular flexibility index (Phi) is 4.58. The van der Waals surface area contributed by atoms with Gasteiger partial charge in [0.25, 0.3) is 5.56 Å². The van der Waals surface area contributed by atoms with E-state index < -0.39 is 11.2 Å². The van der Waals surface area contributed by atoms with Gasteiger partial charge in [0.1, 0.15) is 12.1 Å². The van der Waals surface area contributed by atoms with Gasteiger partial charge in [-0.1, -0.05) is 23.2 Å². The van der Waals surface area contributed by atoms with Crippen LogP contribution in [0.1, 0.15) is 11.4 Å². The topological polar surface area (TPSA) is 66.1 Å². The Hall–Kier alpha value is -2.31. The van der Waals surface area contributed by atoms with Gasteiger partial charge in [0.05, 0.1) is 15.7 Å². The second kappa shape index (κ2) is 6.54. The van der Waals surface area contributed by atoms with E-state index in [9.17, 15) is 9.59 Å². The van der Waals surface area contributed by atoms with Gasteiger partial charge in [-0.25, -0.2) is 9.78 Å². The summed E-state index contributed by atoms with van der Waals surface area (Å²) in [5, 5.41) is 1.50. The van der Waals surface area contributed by atoms with Crippen molar-refractivity contribution < 1.29 is 4.74 Å². The van der Waals surface area contributed by atoms with Gasteiger partial charge < -0.3 is 4.74 Å². The van der Waals surface area contributed by atoms with E-state index in [4.69, 9.17) is 27.9 Å². The first-order valence-corrected chi connectivity index (χ1v) is 8.19. The number of hydrogen-bond acceptors (Lipinski definition) is 4. The molecule has 3 aromatic rings. The molecule has 0 aliphatic heterocycles. The van der Waals surface area contributed by atoms with Crippen LogP contribution in [0, 0.1) is 6.92 Å². The first-order valence-electron chi connectivity index (χ1n) is 7.43. The maximum absolute atomic E-state index is 12.0. The maximum atomic E-state index is 12.0. The van der Waals surface area contributed by atoms with Crippen LogP contribution >= 0.6 is 23.2 Å². The average molecular weight is 380 g/mol. The maximum Gasteiger partial charge on any atom is 0.330 e. The Bertz CT molecular complexity index is 1100. The Labute approximate surface area is 153 Å². The molecule has 3 rings (SSSR count). The zero-order valence-corrected chi connectivity index (χ0v) is 15.4. The number of halogens is 2. The van der Waals surface area contributed by atoms with Crippen LogP contribution in [0.15, 0.2) is 33.9 Å². The minimum absolute atomic E-state index is 0.00606. The fraction of sp³-hybridized carbons (Fsp3) is 0.235. The predicted octanol–water partition coefficient (Wildman–Crippen LogP) is 2.83. The fourth-order valence-corrected chi connectivity index (χ4v) is 3.06. The molecule has 2 heterocycles. The lowest BCUT2D eigenvalue weighted by atomic mass is 10.2. The fourth-order valence-electron chi connectivity index (χ4n) is 2.49. The smallest absolute Gasteiger partial charge is 0.330 e. The second-order valence-corrected chi connectivity index (χ2v) is 6.50. The third kappa shape index (κ3) is 3.15. The molecule has 0 bridgehead atoms. The summed E-state index contributed by atoms with van der Waals surface area (Å²) < 4.78 is 8.20. The highest BCUT2D eigenvalue weighted by Crippen LogP contribution is 2.37. The predicted molar refractivity (Wildman–Crippen MR) is 97.8 cm³/mol. The molecule has 0 saturated heterocycles. The normalized spacial score (nSPS) is 11.1. The molecule has 0 radical (unpaired) electrons. The van der Waals surface area contributed by atoms with E-state index in [-0.39, 0.29) is 6.61 Å². The van der Waals surface area contributed by atoms with Crippen LogP contribution in [0.3, 0.4) is 0 Å². The summed E-state index contributed by atoms with van der Waals surface area (Å²) in [6, 6.07) is 6.63. The molecule has 2 aromatic heterocycles. The molecule has 8 heteroatoms. The summed E-state index contributed by atoms with van der Waals surface area (Å²) in [6.45, 7) is 1.84. The van der Waals surface area contributed by atoms with Crippen molar-refractivity contribution in [3.05, 3.63) is 66.5 Å². The minimum atomic E-state index is -0.424. The lowest BCUT2D eigenvalue weighted by Gasteiger charge is -2.14. The Morgan fingerprint density at radius 2 is 1.80 bits per heavy atom. The molecule has 25 heavy (non-hydrogen) atoms. The molecule has 0 aliphatic carbocycles. The van der Waals surface area contributed by atoms with Crippen molar-refractivity contribution in [3.63, 3.8) is 0 Å². The average Bonchev–Trinajstić information content (AvgIpc) is 2.56. The van der Waals surface area contributed by atoms with Gasteiger partial charge in [-0.3, -0.25) is 13.9 Å². The van der Waals surface area contributed by atoms with E-state index in [2.05, 4.69) is 4.98 Å². The molecule has 0 saturated carbocycles. The minimum Gasteiger partial charge on any atom is -0.484 e. The van der Waals surface area contributed by atoms with Crippen molar-refractivity contribution in [3.8, 4) is 5.75 Å². The standard InChI is InChI=1S/C17H15Cl2N3O3/c1-9-4-5-11-12(18)7-13(19)16(15(11)20-9)25-8-10-6-14(23)22(3)17(24)21(10)2/h4-7H,8H2,1-3H3. The number of nitrogens with zero attached hydrogens (tertiary/aromatic N) is 3. The first kappa shape index (κ1) is 17.5. The van der Waals surface area contributed by atoms with Gasteiger partial charge in [0.2, 0.25) is 0 Å². The lowest BCUT2D eigenvalue weighted by Crippen LogP contribution is -2.38. The summed E-state index contributed by atoms with van der Waals surface area (Å²) in [5.74, 6) is 0.359. The number of pyridine rings is 1. The van der Waals surface area contributed by atoms with E-state index in [1.54, 1.807) is 13.1 Å². The molecule has 130 valence electrons. The van der Waals surface area contributed by atoms with Crippen LogP contribution in [0.25, 0.3) is 10.9 Å². The van der Waals surface area contributed by atoms with Crippen LogP contribution in [0.4, 0.5) is 0 Å². The second-order valence-electron chi connectivity index (χ2n) is 5.68. The highest BCUT2D eigenvalue weighted by Gasteiger charge is 2.14. The van der Waals surface area contributed by atoms with E-state index >= 15 is 0 Å². The molecular formula is C17H15Cl2N3O3. The van der Waals surface area contributed by atoms with Gasteiger partial charge in [0, 0.05) is 31.2 Å². The van der Waals surface area contributed by atoms with E-state index in [1.165, 1.54) is 17.7 Å². The summed E-state index contributed by atoms with van der Waals surface area (Å²) in [7, 11) is 3.00. The zero-order valence-electron chi connectivity index (χ0n) is 13.8. The third-order valence-corrected chi connectivity index (χ3v) is 4.56. The van der Waals surface area contributed by atoms with E-state index in [1.807, 2.05) is 19.1 Å². The molecule has 0 amide bonds. The van der Waals surface area contributed by atoms with Crippen LogP contribution < -0.4 is 16.0 Å². The molecule has 0 fully saturated rings. The first-order chi connectivity index (χ1) is 11.8. The SMILES string of the molecule is Cc1ccc2c(Cl)cc(Cl)c(OCc3cc(=O)n(C)c(=O)n3C)c2n1. The zero-order chi connectivity index (χ0) is 18.3.